The molecule has 2 amide bonds. The van der Waals surface area contributed by atoms with Crippen LogP contribution in [-0.2, 0) is 0 Å². The van der Waals surface area contributed by atoms with Crippen molar-refractivity contribution in [2.75, 3.05) is 0 Å². The first-order chi connectivity index (χ1) is 6.59. The number of nitrogens with one attached hydrogen (secondary N) is 1. The number of hydrogen-bond acceptors (Lipinski definition) is 3. The van der Waals surface area contributed by atoms with E-state index in [4.69, 9.17) is 5.73 Å². The maximum atomic E-state index is 10.3. The van der Waals surface area contributed by atoms with Crippen molar-refractivity contribution in [3.8, 4) is 5.75 Å². The Bertz CT molecular complexity index is 379. The smallest absolute Gasteiger partial charge is 0.332 e. The van der Waals surface area contributed by atoms with Crippen LogP contribution in [0.25, 0.3) is 0 Å². The van der Waals surface area contributed by atoms with Gasteiger partial charge in [-0.2, -0.15) is 5.10 Å². The van der Waals surface area contributed by atoms with Crippen LogP contribution in [0.15, 0.2) is 23.3 Å². The van der Waals surface area contributed by atoms with Crippen LogP contribution in [-0.4, -0.2) is 17.4 Å². The average molecular weight is 305 g/mol. The lowest BCUT2D eigenvalue weighted by Crippen LogP contribution is -2.24. The third-order valence-corrected chi connectivity index (χ3v) is 2.04. The normalized spacial score (nSPS) is 10.4. The summed E-state index contributed by atoms with van der Waals surface area (Å²) in [6, 6.07) is 4.29. The van der Waals surface area contributed by atoms with E-state index >= 15 is 0 Å². The van der Waals surface area contributed by atoms with Crippen LogP contribution in [0.4, 0.5) is 4.79 Å². The van der Waals surface area contributed by atoms with Crippen molar-refractivity contribution < 1.29 is 9.90 Å². The number of primary amides is 1. The van der Waals surface area contributed by atoms with Crippen LogP contribution < -0.4 is 11.2 Å². The van der Waals surface area contributed by atoms with Crippen LogP contribution in [0.1, 0.15) is 5.56 Å². The van der Waals surface area contributed by atoms with Crippen molar-refractivity contribution in [3.05, 3.63) is 27.3 Å². The second-order valence-corrected chi connectivity index (χ2v) is 3.68. The van der Waals surface area contributed by atoms with Gasteiger partial charge in [0.05, 0.1) is 6.21 Å². The van der Waals surface area contributed by atoms with Crippen LogP contribution in [0, 0.1) is 3.57 Å². The largest absolute Gasteiger partial charge is 0.507 e. The summed E-state index contributed by atoms with van der Waals surface area (Å²) in [6.07, 6.45) is 1.32. The van der Waals surface area contributed by atoms with E-state index in [0.717, 1.165) is 3.57 Å². The number of benzene rings is 1. The first kappa shape index (κ1) is 10.8. The van der Waals surface area contributed by atoms with Gasteiger partial charge in [0.15, 0.2) is 0 Å². The highest BCUT2D eigenvalue weighted by molar-refractivity contribution is 14.1. The van der Waals surface area contributed by atoms with Crippen molar-refractivity contribution in [3.63, 3.8) is 0 Å². The van der Waals surface area contributed by atoms with Gasteiger partial charge in [-0.25, -0.2) is 10.2 Å². The lowest BCUT2D eigenvalue weighted by Gasteiger charge is -1.98. The van der Waals surface area contributed by atoms with Crippen LogP contribution in [0.5, 0.6) is 5.75 Å². The Balaban J connectivity index is 2.80. The summed E-state index contributed by atoms with van der Waals surface area (Å²) in [5.41, 5.74) is 7.35. The third-order valence-electron chi connectivity index (χ3n) is 1.37. The number of carbonyl (C=O) groups is 1. The molecule has 0 aliphatic rings. The maximum Gasteiger partial charge on any atom is 0.332 e. The molecule has 0 radical (unpaired) electrons. The SMILES string of the molecule is NC(=O)N/N=C/c1cc(I)ccc1O. The van der Waals surface area contributed by atoms with Gasteiger partial charge >= 0.3 is 6.03 Å². The predicted octanol–water partition coefficient (Wildman–Crippen LogP) is 0.999. The van der Waals surface area contributed by atoms with Crippen LogP contribution in [0.2, 0.25) is 0 Å². The molecule has 0 heterocycles. The molecule has 1 rings (SSSR count). The average Bonchev–Trinajstić information content (AvgIpc) is 2.10. The molecule has 0 unspecified atom stereocenters. The molecular formula is C8H8IN3O2. The highest BCUT2D eigenvalue weighted by Crippen LogP contribution is 2.17. The van der Waals surface area contributed by atoms with E-state index in [1.165, 1.54) is 6.21 Å². The van der Waals surface area contributed by atoms with E-state index in [1.807, 2.05) is 5.43 Å². The van der Waals surface area contributed by atoms with Crippen molar-refractivity contribution in [1.29, 1.82) is 0 Å². The molecule has 0 saturated carbocycles. The van der Waals surface area contributed by atoms with Crippen molar-refractivity contribution >= 4 is 34.8 Å². The number of halogens is 1. The Morgan fingerprint density at radius 1 is 1.64 bits per heavy atom. The molecule has 0 fully saturated rings. The lowest BCUT2D eigenvalue weighted by atomic mass is 10.2. The molecule has 0 spiro atoms. The fraction of sp³-hybridized carbons (Fsp3) is 0. The number of urea groups is 1. The molecule has 74 valence electrons. The molecule has 0 aliphatic heterocycles. The molecule has 0 aliphatic carbocycles. The number of nitrogens with two attached hydrogens (primary N) is 1. The van der Waals surface area contributed by atoms with E-state index in [9.17, 15) is 9.90 Å². The molecule has 0 saturated heterocycles. The van der Waals surface area contributed by atoms with Gasteiger partial charge in [-0.1, -0.05) is 0 Å². The fourth-order valence-electron chi connectivity index (χ4n) is 0.794. The number of aromatic hydroxyl groups is 1. The summed E-state index contributed by atoms with van der Waals surface area (Å²) in [7, 11) is 0. The molecule has 6 heteroatoms. The first-order valence-corrected chi connectivity index (χ1v) is 4.74. The summed E-state index contributed by atoms with van der Waals surface area (Å²) < 4.78 is 0.959. The predicted molar refractivity (Wildman–Crippen MR) is 61.1 cm³/mol. The maximum absolute atomic E-state index is 10.3. The Labute approximate surface area is 94.1 Å². The number of amides is 2. The first-order valence-electron chi connectivity index (χ1n) is 3.66. The summed E-state index contributed by atoms with van der Waals surface area (Å²) in [5.74, 6) is 0.0976. The number of carbonyl (C=O) groups excluding carboxylic acids is 1. The summed E-state index contributed by atoms with van der Waals surface area (Å²) in [5, 5.41) is 12.9. The van der Waals surface area contributed by atoms with Gasteiger partial charge in [-0.05, 0) is 40.8 Å². The van der Waals surface area contributed by atoms with Crippen molar-refractivity contribution in [1.82, 2.24) is 5.43 Å². The zero-order valence-corrected chi connectivity index (χ0v) is 9.22. The number of hydrazone groups is 1. The number of rotatable bonds is 2. The van der Waals surface area contributed by atoms with E-state index in [2.05, 4.69) is 27.7 Å². The van der Waals surface area contributed by atoms with Gasteiger partial charge in [0, 0.05) is 9.13 Å². The Morgan fingerprint density at radius 2 is 2.36 bits per heavy atom. The number of phenolic OH excluding ortho intramolecular Hbond substituents is 1. The second kappa shape index (κ2) is 4.80. The molecular weight excluding hydrogens is 297 g/mol. The zero-order chi connectivity index (χ0) is 10.6. The molecule has 1 aromatic rings. The van der Waals surface area contributed by atoms with Gasteiger partial charge in [0.25, 0.3) is 0 Å². The topological polar surface area (TPSA) is 87.7 Å². The highest BCUT2D eigenvalue weighted by Gasteiger charge is 1.98. The Morgan fingerprint density at radius 3 is 3.00 bits per heavy atom. The van der Waals surface area contributed by atoms with Gasteiger partial charge in [0.2, 0.25) is 0 Å². The van der Waals surface area contributed by atoms with Gasteiger partial charge in [-0.15, -0.1) is 0 Å². The zero-order valence-electron chi connectivity index (χ0n) is 7.07. The molecule has 4 N–H and O–H groups in total. The van der Waals surface area contributed by atoms with Gasteiger partial charge in [-0.3, -0.25) is 0 Å². The van der Waals surface area contributed by atoms with Gasteiger partial charge in [0.1, 0.15) is 5.75 Å². The van der Waals surface area contributed by atoms with Crippen LogP contribution >= 0.6 is 22.6 Å². The van der Waals surface area contributed by atoms with Crippen LogP contribution in [0.3, 0.4) is 0 Å². The summed E-state index contributed by atoms with van der Waals surface area (Å²) in [6.45, 7) is 0. The third kappa shape index (κ3) is 3.21. The summed E-state index contributed by atoms with van der Waals surface area (Å²) >= 11 is 2.10. The van der Waals surface area contributed by atoms with Gasteiger partial charge < -0.3 is 10.8 Å². The minimum Gasteiger partial charge on any atom is -0.507 e. The standard InChI is InChI=1S/C8H8IN3O2/c9-6-1-2-7(13)5(3-6)4-11-12-8(10)14/h1-4,13H,(H3,10,12,14)/b11-4+. The van der Waals surface area contributed by atoms with Crippen molar-refractivity contribution in [2.45, 2.75) is 0 Å². The summed E-state index contributed by atoms with van der Waals surface area (Å²) in [4.78, 5) is 10.3. The fourth-order valence-corrected chi connectivity index (χ4v) is 1.31. The monoisotopic (exact) mass is 305 g/mol. The van der Waals surface area contributed by atoms with E-state index < -0.39 is 6.03 Å². The molecule has 1 aromatic carbocycles. The second-order valence-electron chi connectivity index (χ2n) is 2.44. The van der Waals surface area contributed by atoms with E-state index in [-0.39, 0.29) is 5.75 Å². The number of phenols is 1. The van der Waals surface area contributed by atoms with E-state index in [1.54, 1.807) is 18.2 Å². The molecule has 0 atom stereocenters. The Kier molecular flexibility index (Phi) is 3.69. The molecule has 5 nitrogen and oxygen atoms in total. The quantitative estimate of drug-likeness (QED) is 0.432. The lowest BCUT2D eigenvalue weighted by molar-refractivity contribution is 0.249. The molecule has 0 bridgehead atoms. The number of nitrogens with zero attached hydrogens (tertiary/aromatic N) is 1. The minimum atomic E-state index is -0.744. The number of hydrogen-bond donors (Lipinski definition) is 3. The Hall–Kier alpha value is -1.31. The van der Waals surface area contributed by atoms with Crippen molar-refractivity contribution in [2.24, 2.45) is 10.8 Å². The molecule has 14 heavy (non-hydrogen) atoms. The highest BCUT2D eigenvalue weighted by atomic mass is 127. The molecule has 0 aromatic heterocycles. The minimum absolute atomic E-state index is 0.0976. The van der Waals surface area contributed by atoms with E-state index in [0.29, 0.717) is 5.56 Å².